The minimum atomic E-state index is 0. The molecule has 0 atom stereocenters. The molecule has 10 radical (unpaired) electrons. The van der Waals surface area contributed by atoms with Gasteiger partial charge in [-0.3, -0.25) is 0 Å². The molecule has 0 fully saturated rings. The van der Waals surface area contributed by atoms with E-state index in [0.717, 1.165) is 0 Å². The van der Waals surface area contributed by atoms with E-state index in [1.165, 1.54) is 0 Å². The van der Waals surface area contributed by atoms with Gasteiger partial charge in [-0.1, -0.05) is 0 Å². The molecule has 0 aromatic carbocycles. The van der Waals surface area contributed by atoms with E-state index in [4.69, 9.17) is 0 Å². The maximum absolute atomic E-state index is 0. The fourth-order valence-corrected chi connectivity index (χ4v) is 0. The first kappa shape index (κ1) is 30.8. The van der Waals surface area contributed by atoms with E-state index in [0.29, 0.717) is 0 Å². The van der Waals surface area contributed by atoms with Crippen LogP contribution in [0.3, 0.4) is 0 Å². The number of hydrogen-bond acceptors (Lipinski definition) is 0. The van der Waals surface area contributed by atoms with Crippen LogP contribution in [-0.2, 0) is 20.4 Å². The molecule has 0 heterocycles. The van der Waals surface area contributed by atoms with Crippen LogP contribution in [0.1, 0.15) is 0 Å². The van der Waals surface area contributed by atoms with Gasteiger partial charge < -0.3 is 0 Å². The van der Waals surface area contributed by atoms with Crippen molar-refractivity contribution < 1.29 is 20.4 Å². The molecule has 0 saturated carbocycles. The standard InChI is InChI=1S/3Ga.Re. The quantitative estimate of drug-likeness (QED) is 0.455. The Balaban J connectivity index is 0. The van der Waals surface area contributed by atoms with Crippen molar-refractivity contribution in [3.05, 3.63) is 0 Å². The summed E-state index contributed by atoms with van der Waals surface area (Å²) < 4.78 is 0. The van der Waals surface area contributed by atoms with Crippen LogP contribution >= 0.6 is 0 Å². The van der Waals surface area contributed by atoms with Crippen molar-refractivity contribution >= 4 is 59.4 Å². The van der Waals surface area contributed by atoms with Gasteiger partial charge in [0.1, 0.15) is 0 Å². The zero-order valence-electron chi connectivity index (χ0n) is 2.11. The van der Waals surface area contributed by atoms with Crippen LogP contribution in [0, 0.1) is 0 Å². The number of rotatable bonds is 0. The number of hydrogen-bond donors (Lipinski definition) is 0. The van der Waals surface area contributed by atoms with Gasteiger partial charge in [-0.2, -0.15) is 0 Å². The van der Waals surface area contributed by atoms with Crippen LogP contribution in [0.4, 0.5) is 0 Å². The third kappa shape index (κ3) is 8.82. The van der Waals surface area contributed by atoms with E-state index in [1.807, 2.05) is 0 Å². The zero-order chi connectivity index (χ0) is 0. The summed E-state index contributed by atoms with van der Waals surface area (Å²) in [5, 5.41) is 0. The van der Waals surface area contributed by atoms with Gasteiger partial charge in [0, 0.05) is 79.8 Å². The Bertz CT molecular complexity index is 3.25. The average molecular weight is 395 g/mol. The Morgan fingerprint density at radius 3 is 0.500 bits per heavy atom. The van der Waals surface area contributed by atoms with Gasteiger partial charge in [-0.05, 0) is 0 Å². The van der Waals surface area contributed by atoms with Gasteiger partial charge in [0.15, 0.2) is 0 Å². The molecule has 0 rings (SSSR count). The third-order valence-corrected chi connectivity index (χ3v) is 0. The Morgan fingerprint density at radius 1 is 0.500 bits per heavy atom. The molecule has 0 aromatic rings. The molecule has 0 spiro atoms. The minimum absolute atomic E-state index is 0. The predicted octanol–water partition coefficient (Wildman–Crippen LogP) is -1.14. The molecule has 0 aliphatic rings. The molecule has 0 aliphatic heterocycles. The summed E-state index contributed by atoms with van der Waals surface area (Å²) >= 11 is 0. The van der Waals surface area contributed by atoms with Crippen molar-refractivity contribution in [2.75, 3.05) is 0 Å². The fourth-order valence-electron chi connectivity index (χ4n) is 0. The van der Waals surface area contributed by atoms with Gasteiger partial charge in [-0.25, -0.2) is 0 Å². The first-order valence-electron chi connectivity index (χ1n) is 0. The predicted molar refractivity (Wildman–Crippen MR) is 17.3 cm³/mol. The van der Waals surface area contributed by atoms with E-state index < -0.39 is 0 Å². The van der Waals surface area contributed by atoms with Crippen LogP contribution in [0.15, 0.2) is 0 Å². The summed E-state index contributed by atoms with van der Waals surface area (Å²) in [6, 6.07) is 0. The summed E-state index contributed by atoms with van der Waals surface area (Å²) in [7, 11) is 0. The SMILES string of the molecule is [Ga].[Ga].[Ga].[Re]. The van der Waals surface area contributed by atoms with Crippen LogP contribution in [0.5, 0.6) is 0 Å². The molecule has 0 nitrogen and oxygen atoms in total. The van der Waals surface area contributed by atoms with Gasteiger partial charge >= 0.3 is 0 Å². The largest absolute Gasteiger partial charge is 0 e. The topological polar surface area (TPSA) is 0 Å². The second kappa shape index (κ2) is 17.6. The molecular formula is Ga3Re. The van der Waals surface area contributed by atoms with Crippen LogP contribution < -0.4 is 0 Å². The molecule has 16 valence electrons. The first-order chi connectivity index (χ1) is 0. The minimum Gasteiger partial charge on any atom is 0 e. The maximum atomic E-state index is 0. The van der Waals surface area contributed by atoms with Gasteiger partial charge in [-0.15, -0.1) is 0 Å². The van der Waals surface area contributed by atoms with Gasteiger partial charge in [0.25, 0.3) is 0 Å². The second-order valence-electron chi connectivity index (χ2n) is 0. The second-order valence-corrected chi connectivity index (χ2v) is 0. The maximum Gasteiger partial charge on any atom is 0 e. The summed E-state index contributed by atoms with van der Waals surface area (Å²) in [5.41, 5.74) is 0. The van der Waals surface area contributed by atoms with E-state index >= 15 is 0 Å². The van der Waals surface area contributed by atoms with Crippen molar-refractivity contribution in [1.82, 2.24) is 0 Å². The molecule has 0 aliphatic carbocycles. The molecule has 0 saturated heterocycles. The van der Waals surface area contributed by atoms with Crippen LogP contribution in [0.25, 0.3) is 0 Å². The molecule has 0 unspecified atom stereocenters. The monoisotopic (exact) mass is 394 g/mol. The molecular weight excluding hydrogens is 395 g/mol. The van der Waals surface area contributed by atoms with Gasteiger partial charge in [0.2, 0.25) is 0 Å². The van der Waals surface area contributed by atoms with Gasteiger partial charge in [0.05, 0.1) is 0 Å². The van der Waals surface area contributed by atoms with E-state index in [-0.39, 0.29) is 79.8 Å². The van der Waals surface area contributed by atoms with E-state index in [2.05, 4.69) is 0 Å². The summed E-state index contributed by atoms with van der Waals surface area (Å²) in [5.74, 6) is 0. The average Bonchev–Trinajstić information content (AvgIpc) is 0. The van der Waals surface area contributed by atoms with Crippen LogP contribution in [0.2, 0.25) is 0 Å². The molecule has 0 amide bonds. The van der Waals surface area contributed by atoms with Crippen molar-refractivity contribution in [2.24, 2.45) is 0 Å². The van der Waals surface area contributed by atoms with Crippen molar-refractivity contribution in [3.8, 4) is 0 Å². The van der Waals surface area contributed by atoms with Crippen LogP contribution in [-0.4, -0.2) is 59.4 Å². The Morgan fingerprint density at radius 2 is 0.500 bits per heavy atom. The van der Waals surface area contributed by atoms with Crippen molar-refractivity contribution in [3.63, 3.8) is 0 Å². The Labute approximate surface area is 78.7 Å². The first-order valence-corrected chi connectivity index (χ1v) is 0. The summed E-state index contributed by atoms with van der Waals surface area (Å²) in [4.78, 5) is 0. The molecule has 0 aromatic heterocycles. The zero-order valence-corrected chi connectivity index (χ0v) is 12.1. The fraction of sp³-hybridized carbons (Fsp3) is 0. The summed E-state index contributed by atoms with van der Waals surface area (Å²) in [6.07, 6.45) is 0. The Hall–Kier alpha value is 2.57. The van der Waals surface area contributed by atoms with E-state index in [9.17, 15) is 0 Å². The summed E-state index contributed by atoms with van der Waals surface area (Å²) in [6.45, 7) is 0. The van der Waals surface area contributed by atoms with Crippen molar-refractivity contribution in [1.29, 1.82) is 0 Å². The molecule has 4 heteroatoms. The Kier molecular flexibility index (Phi) is 136. The molecule has 0 N–H and O–H groups in total. The molecule has 4 heavy (non-hydrogen) atoms. The third-order valence-electron chi connectivity index (χ3n) is 0. The van der Waals surface area contributed by atoms with E-state index in [1.54, 1.807) is 0 Å². The smallest absolute Gasteiger partial charge is 0 e. The normalized spacial score (nSPS) is 0. The molecule has 0 bridgehead atoms. The van der Waals surface area contributed by atoms with Crippen molar-refractivity contribution in [2.45, 2.75) is 0 Å².